The quantitative estimate of drug-likeness (QED) is 0.648. The number of nitrogens with zero attached hydrogens (tertiary/aromatic N) is 3. The van der Waals surface area contributed by atoms with E-state index in [1.807, 2.05) is 18.2 Å². The van der Waals surface area contributed by atoms with E-state index in [4.69, 9.17) is 4.74 Å². The Labute approximate surface area is 184 Å². The SMILES string of the molecule is O=C(NCCC(=O)N1CCC[C@@H](COc2ccc(-c3ccn[nH]3)nc2)C1)C1CC(F)(F)C1. The number of aromatic nitrogens is 3. The maximum Gasteiger partial charge on any atom is 0.249 e. The summed E-state index contributed by atoms with van der Waals surface area (Å²) < 4.78 is 31.6. The molecule has 1 aliphatic heterocycles. The number of aromatic amines is 1. The van der Waals surface area contributed by atoms with Crippen LogP contribution in [-0.2, 0) is 9.59 Å². The van der Waals surface area contributed by atoms with E-state index in [2.05, 4.69) is 20.5 Å². The zero-order chi connectivity index (χ0) is 22.6. The Kier molecular flexibility index (Phi) is 6.66. The van der Waals surface area contributed by atoms with Crippen molar-refractivity contribution in [2.45, 2.75) is 38.0 Å². The molecule has 32 heavy (non-hydrogen) atoms. The van der Waals surface area contributed by atoms with Crippen molar-refractivity contribution in [3.8, 4) is 17.1 Å². The number of carbonyl (C=O) groups is 2. The predicted molar refractivity (Wildman–Crippen MR) is 112 cm³/mol. The topological polar surface area (TPSA) is 100 Å². The van der Waals surface area contributed by atoms with Crippen LogP contribution in [-0.4, -0.2) is 64.1 Å². The van der Waals surface area contributed by atoms with Crippen molar-refractivity contribution < 1.29 is 23.1 Å². The number of hydrogen-bond acceptors (Lipinski definition) is 5. The highest BCUT2D eigenvalue weighted by Crippen LogP contribution is 2.42. The Morgan fingerprint density at radius 3 is 2.81 bits per heavy atom. The van der Waals surface area contributed by atoms with E-state index in [0.717, 1.165) is 24.2 Å². The normalized spacial score (nSPS) is 20.4. The molecule has 4 rings (SSSR count). The fourth-order valence-corrected chi connectivity index (χ4v) is 4.11. The van der Waals surface area contributed by atoms with Crippen LogP contribution >= 0.6 is 0 Å². The lowest BCUT2D eigenvalue weighted by molar-refractivity contribution is -0.150. The highest BCUT2D eigenvalue weighted by Gasteiger charge is 2.48. The summed E-state index contributed by atoms with van der Waals surface area (Å²) in [7, 11) is 0. The van der Waals surface area contributed by atoms with Gasteiger partial charge in [-0.1, -0.05) is 0 Å². The maximum absolute atomic E-state index is 12.9. The van der Waals surface area contributed by atoms with Crippen LogP contribution in [0.2, 0.25) is 0 Å². The number of nitrogens with one attached hydrogen (secondary N) is 2. The zero-order valence-corrected chi connectivity index (χ0v) is 17.7. The minimum Gasteiger partial charge on any atom is -0.492 e. The molecule has 1 saturated carbocycles. The molecule has 0 spiro atoms. The summed E-state index contributed by atoms with van der Waals surface area (Å²) in [6.07, 6.45) is 4.56. The van der Waals surface area contributed by atoms with Crippen molar-refractivity contribution in [2.24, 2.45) is 11.8 Å². The van der Waals surface area contributed by atoms with E-state index in [1.54, 1.807) is 17.3 Å². The molecular weight excluding hydrogens is 420 g/mol. The van der Waals surface area contributed by atoms with Crippen molar-refractivity contribution in [1.29, 1.82) is 0 Å². The first kappa shape index (κ1) is 22.2. The summed E-state index contributed by atoms with van der Waals surface area (Å²) in [5.41, 5.74) is 1.61. The van der Waals surface area contributed by atoms with Crippen LogP contribution in [0.3, 0.4) is 0 Å². The van der Waals surface area contributed by atoms with E-state index in [9.17, 15) is 18.4 Å². The lowest BCUT2D eigenvalue weighted by atomic mass is 9.81. The van der Waals surface area contributed by atoms with Gasteiger partial charge in [0, 0.05) is 56.9 Å². The number of piperidine rings is 1. The Balaban J connectivity index is 1.17. The molecule has 2 fully saturated rings. The molecule has 172 valence electrons. The van der Waals surface area contributed by atoms with E-state index >= 15 is 0 Å². The summed E-state index contributed by atoms with van der Waals surface area (Å²) in [5.74, 6) is -2.91. The van der Waals surface area contributed by atoms with Crippen molar-refractivity contribution in [2.75, 3.05) is 26.2 Å². The molecule has 0 bridgehead atoms. The molecule has 0 unspecified atom stereocenters. The number of H-pyrrole nitrogens is 1. The van der Waals surface area contributed by atoms with Gasteiger partial charge < -0.3 is 15.0 Å². The molecule has 10 heteroatoms. The molecule has 8 nitrogen and oxygen atoms in total. The highest BCUT2D eigenvalue weighted by molar-refractivity contribution is 5.81. The number of amides is 2. The lowest BCUT2D eigenvalue weighted by Crippen LogP contribution is -2.46. The van der Waals surface area contributed by atoms with Crippen LogP contribution in [0, 0.1) is 11.8 Å². The van der Waals surface area contributed by atoms with Crippen LogP contribution < -0.4 is 10.1 Å². The van der Waals surface area contributed by atoms with Gasteiger partial charge in [-0.3, -0.25) is 19.7 Å². The number of carbonyl (C=O) groups excluding carboxylic acids is 2. The maximum atomic E-state index is 12.9. The Morgan fingerprint density at radius 1 is 1.28 bits per heavy atom. The van der Waals surface area contributed by atoms with Gasteiger partial charge in [0.25, 0.3) is 0 Å². The number of hydrogen-bond donors (Lipinski definition) is 2. The van der Waals surface area contributed by atoms with Gasteiger partial charge in [0.2, 0.25) is 17.7 Å². The van der Waals surface area contributed by atoms with Crippen LogP contribution in [0.25, 0.3) is 11.4 Å². The monoisotopic (exact) mass is 447 g/mol. The minimum absolute atomic E-state index is 0.0421. The first-order valence-corrected chi connectivity index (χ1v) is 10.9. The van der Waals surface area contributed by atoms with E-state index < -0.39 is 24.7 Å². The molecule has 3 heterocycles. The van der Waals surface area contributed by atoms with Crippen LogP contribution in [0.4, 0.5) is 8.78 Å². The molecule has 2 aromatic heterocycles. The summed E-state index contributed by atoms with van der Waals surface area (Å²) >= 11 is 0. The van der Waals surface area contributed by atoms with Gasteiger partial charge in [0.1, 0.15) is 5.75 Å². The van der Waals surface area contributed by atoms with Gasteiger partial charge in [-0.2, -0.15) is 5.10 Å². The van der Waals surface area contributed by atoms with Crippen LogP contribution in [0.1, 0.15) is 32.1 Å². The molecule has 1 atom stereocenters. The second kappa shape index (κ2) is 9.62. The molecule has 2 amide bonds. The smallest absolute Gasteiger partial charge is 0.249 e. The molecule has 2 aliphatic rings. The standard InChI is InChI=1S/C22H27F2N5O3/c23-22(24)10-16(11-22)21(31)25-7-6-20(30)29-9-1-2-15(13-29)14-32-17-3-4-18(26-12-17)19-5-8-27-28-19/h3-5,8,12,15-16H,1-2,6-7,9-11,13-14H2,(H,25,31)(H,27,28)/t15-/m1/s1. The van der Waals surface area contributed by atoms with Gasteiger partial charge in [0.15, 0.2) is 0 Å². The third-order valence-corrected chi connectivity index (χ3v) is 5.97. The van der Waals surface area contributed by atoms with Gasteiger partial charge in [0.05, 0.1) is 24.2 Å². The fourth-order valence-electron chi connectivity index (χ4n) is 4.11. The fraction of sp³-hybridized carbons (Fsp3) is 0.545. The largest absolute Gasteiger partial charge is 0.492 e. The Hall–Kier alpha value is -3.04. The number of rotatable bonds is 8. The number of pyridine rings is 1. The van der Waals surface area contributed by atoms with Gasteiger partial charge in [-0.15, -0.1) is 0 Å². The Bertz CT molecular complexity index is 912. The minimum atomic E-state index is -2.72. The first-order valence-electron chi connectivity index (χ1n) is 10.9. The number of likely N-dealkylation sites (tertiary alicyclic amines) is 1. The Morgan fingerprint density at radius 2 is 2.12 bits per heavy atom. The molecule has 2 aromatic rings. The van der Waals surface area contributed by atoms with E-state index in [0.29, 0.717) is 25.4 Å². The molecule has 0 aromatic carbocycles. The van der Waals surface area contributed by atoms with E-state index in [-0.39, 0.29) is 30.7 Å². The summed E-state index contributed by atoms with van der Waals surface area (Å²) in [6.45, 7) is 1.94. The highest BCUT2D eigenvalue weighted by atomic mass is 19.3. The summed E-state index contributed by atoms with van der Waals surface area (Å²) in [6, 6.07) is 5.56. The molecular formula is C22H27F2N5O3. The van der Waals surface area contributed by atoms with E-state index in [1.165, 1.54) is 0 Å². The van der Waals surface area contributed by atoms with Crippen LogP contribution in [0.15, 0.2) is 30.6 Å². The summed E-state index contributed by atoms with van der Waals surface area (Å²) in [5, 5.41) is 9.38. The average molecular weight is 447 g/mol. The van der Waals surface area contributed by atoms with Crippen molar-refractivity contribution >= 4 is 11.8 Å². The van der Waals surface area contributed by atoms with Crippen molar-refractivity contribution in [3.05, 3.63) is 30.6 Å². The zero-order valence-electron chi connectivity index (χ0n) is 17.7. The predicted octanol–water partition coefficient (Wildman–Crippen LogP) is 2.64. The second-order valence-electron chi connectivity index (χ2n) is 8.51. The van der Waals surface area contributed by atoms with Gasteiger partial charge in [-0.25, -0.2) is 8.78 Å². The number of alkyl halides is 2. The third kappa shape index (κ3) is 5.60. The molecule has 1 saturated heterocycles. The molecule has 2 N–H and O–H groups in total. The second-order valence-corrected chi connectivity index (χ2v) is 8.51. The lowest BCUT2D eigenvalue weighted by Gasteiger charge is -2.34. The molecule has 0 radical (unpaired) electrons. The summed E-state index contributed by atoms with van der Waals surface area (Å²) in [4.78, 5) is 30.5. The number of halogens is 2. The van der Waals surface area contributed by atoms with Gasteiger partial charge in [-0.05, 0) is 31.0 Å². The molecule has 1 aliphatic carbocycles. The number of ether oxygens (including phenoxy) is 1. The third-order valence-electron chi connectivity index (χ3n) is 5.97. The van der Waals surface area contributed by atoms with Crippen molar-refractivity contribution in [3.63, 3.8) is 0 Å². The van der Waals surface area contributed by atoms with Gasteiger partial charge >= 0.3 is 0 Å². The van der Waals surface area contributed by atoms with Crippen LogP contribution in [0.5, 0.6) is 5.75 Å². The van der Waals surface area contributed by atoms with Crippen molar-refractivity contribution in [1.82, 2.24) is 25.4 Å². The first-order chi connectivity index (χ1) is 15.4. The average Bonchev–Trinajstić information content (AvgIpc) is 3.31.